The molecule has 0 saturated heterocycles. The number of hydrogen-bond donors (Lipinski definition) is 6. The number of rotatable bonds is 30. The van der Waals surface area contributed by atoms with Gasteiger partial charge in [0.1, 0.15) is 5.60 Å². The smallest absolute Gasteiger partial charge is 0.407 e. The molecule has 6 atom stereocenters. The highest BCUT2D eigenvalue weighted by Gasteiger charge is 2.43. The van der Waals surface area contributed by atoms with Crippen LogP contribution in [0, 0.1) is 32.5 Å². The topological polar surface area (TPSA) is 210 Å². The summed E-state index contributed by atoms with van der Waals surface area (Å²) in [7, 11) is 1.33. The van der Waals surface area contributed by atoms with Gasteiger partial charge in [0.2, 0.25) is 29.5 Å². The lowest BCUT2D eigenvalue weighted by atomic mass is 9.79. The molecule has 6 N–H and O–H groups in total. The monoisotopic (exact) mass is 987 g/mol. The lowest BCUT2D eigenvalue weighted by Crippen LogP contribution is -2.56. The summed E-state index contributed by atoms with van der Waals surface area (Å²) < 4.78 is 10.5. The van der Waals surface area contributed by atoms with Gasteiger partial charge in [0.25, 0.3) is 0 Å². The maximum absolute atomic E-state index is 14.5. The molecule has 0 aliphatic rings. The molecule has 0 unspecified atom stereocenters. The van der Waals surface area contributed by atoms with Crippen molar-refractivity contribution in [1.82, 2.24) is 31.9 Å². The maximum atomic E-state index is 14.5. The Kier molecular flexibility index (Phi) is 23.3. The van der Waals surface area contributed by atoms with Crippen LogP contribution in [0.2, 0.25) is 0 Å². The Morgan fingerprint density at radius 1 is 0.465 bits per heavy atom. The Bertz CT molecular complexity index is 2130. The van der Waals surface area contributed by atoms with Crippen molar-refractivity contribution in [2.45, 2.75) is 133 Å². The third kappa shape index (κ3) is 18.6. The number of amides is 6. The number of alkyl carbamates (subject to hydrolysis) is 1. The van der Waals surface area contributed by atoms with Gasteiger partial charge in [-0.05, 0) is 112 Å². The molecule has 6 amide bonds. The number of hydrogen-bond acceptors (Lipinski definition) is 9. The van der Waals surface area contributed by atoms with Crippen LogP contribution in [0.15, 0.2) is 86.0 Å². The predicted molar refractivity (Wildman–Crippen MR) is 280 cm³/mol. The molecule has 0 heterocycles. The second-order valence-electron chi connectivity index (χ2n) is 21.9. The van der Waals surface area contributed by atoms with Gasteiger partial charge in [-0.1, -0.05) is 99.5 Å². The second-order valence-corrected chi connectivity index (χ2v) is 21.9. The van der Waals surface area contributed by atoms with E-state index in [1.54, 1.807) is 74.5 Å². The fourth-order valence-electron chi connectivity index (χ4n) is 8.59. The highest BCUT2D eigenvalue weighted by Crippen LogP contribution is 2.31. The molecule has 2 aromatic rings. The van der Waals surface area contributed by atoms with Crippen molar-refractivity contribution in [3.8, 4) is 0 Å². The maximum Gasteiger partial charge on any atom is 0.407 e. The van der Waals surface area contributed by atoms with Crippen molar-refractivity contribution in [3.63, 3.8) is 0 Å². The zero-order valence-corrected chi connectivity index (χ0v) is 44.9. The first kappa shape index (κ1) is 61.1. The van der Waals surface area contributed by atoms with Gasteiger partial charge in [-0.25, -0.2) is 4.79 Å². The van der Waals surface area contributed by atoms with Crippen LogP contribution >= 0.6 is 0 Å². The van der Waals surface area contributed by atoms with Crippen LogP contribution in [0.25, 0.3) is 0 Å². The minimum Gasteiger partial charge on any atom is -0.469 e. The molecule has 0 aliphatic carbocycles. The first-order valence-electron chi connectivity index (χ1n) is 24.9. The number of carbonyl (C=O) groups excluding carboxylic acids is 7. The largest absolute Gasteiger partial charge is 0.469 e. The Labute approximate surface area is 424 Å². The van der Waals surface area contributed by atoms with Crippen LogP contribution in [0.3, 0.4) is 0 Å². The normalized spacial score (nSPS) is 16.5. The number of methoxy groups -OCH3 is 1. The zero-order valence-electron chi connectivity index (χ0n) is 44.9. The van der Waals surface area contributed by atoms with Gasteiger partial charge in [0.05, 0.1) is 39.6 Å². The number of allylic oxidation sites excluding steroid dienone is 2. The fraction of sp³-hybridized carbons (Fsp3) is 0.589. The second kappa shape index (κ2) is 27.0. The van der Waals surface area contributed by atoms with Gasteiger partial charge in [0.15, 0.2) is 0 Å². The summed E-state index contributed by atoms with van der Waals surface area (Å²) in [6.45, 7) is 27.1. The summed E-state index contributed by atoms with van der Waals surface area (Å²) in [6.07, 6.45) is 5.75. The molecule has 0 fully saturated rings. The van der Waals surface area contributed by atoms with Crippen molar-refractivity contribution >= 4 is 41.6 Å². The summed E-state index contributed by atoms with van der Waals surface area (Å²) in [5, 5.41) is 17.7. The average molecular weight is 987 g/mol. The Balaban J connectivity index is 2.32. The molecular formula is C56H86N6O9. The predicted octanol–water partition coefficient (Wildman–Crippen LogP) is 7.54. The molecule has 15 nitrogen and oxygen atoms in total. The van der Waals surface area contributed by atoms with E-state index in [4.69, 9.17) is 9.47 Å². The van der Waals surface area contributed by atoms with Crippen LogP contribution in [0.4, 0.5) is 4.79 Å². The molecular weight excluding hydrogens is 901 g/mol. The SMILES string of the molecule is C=CC[C@](C)(CNC(=O)OC(C)(C)C)C(=O)NC[C@@](C)(Cc1ccccc1)C(=O)NC[C@@](C)(CCC)C(=O)NC[C@@](C)(CC=C)C(=O)NC[C@@](C)(Cc1ccccc1)C(=O)NC[C@@](C)(CCC)C(=O)OC. The van der Waals surface area contributed by atoms with Crippen molar-refractivity contribution in [1.29, 1.82) is 0 Å². The molecule has 2 aromatic carbocycles. The number of nitrogens with one attached hydrogen (secondary N) is 6. The molecule has 2 rings (SSSR count). The van der Waals surface area contributed by atoms with Gasteiger partial charge in [-0.15, -0.1) is 13.2 Å². The quantitative estimate of drug-likeness (QED) is 0.0337. The molecule has 0 aliphatic heterocycles. The molecule has 15 heteroatoms. The van der Waals surface area contributed by atoms with Gasteiger partial charge in [0, 0.05) is 39.3 Å². The third-order valence-corrected chi connectivity index (χ3v) is 13.3. The molecule has 0 saturated carbocycles. The first-order valence-corrected chi connectivity index (χ1v) is 24.9. The van der Waals surface area contributed by atoms with Crippen molar-refractivity contribution in [2.75, 3.05) is 46.4 Å². The van der Waals surface area contributed by atoms with Gasteiger partial charge in [-0.2, -0.15) is 0 Å². The van der Waals surface area contributed by atoms with E-state index in [9.17, 15) is 33.6 Å². The van der Waals surface area contributed by atoms with Gasteiger partial charge in [-0.3, -0.25) is 28.8 Å². The van der Waals surface area contributed by atoms with Crippen molar-refractivity contribution in [3.05, 3.63) is 97.1 Å². The highest BCUT2D eigenvalue weighted by molar-refractivity contribution is 5.89. The van der Waals surface area contributed by atoms with Crippen LogP contribution in [-0.2, 0) is 51.1 Å². The van der Waals surface area contributed by atoms with Crippen LogP contribution in [0.1, 0.15) is 126 Å². The van der Waals surface area contributed by atoms with E-state index in [2.05, 4.69) is 45.1 Å². The Morgan fingerprint density at radius 3 is 1.13 bits per heavy atom. The lowest BCUT2D eigenvalue weighted by molar-refractivity contribution is -0.152. The summed E-state index contributed by atoms with van der Waals surface area (Å²) in [4.78, 5) is 96.4. The third-order valence-electron chi connectivity index (χ3n) is 13.3. The van der Waals surface area contributed by atoms with E-state index in [1.165, 1.54) is 7.11 Å². The molecule has 0 spiro atoms. The van der Waals surface area contributed by atoms with E-state index < -0.39 is 62.0 Å². The molecule has 0 bridgehead atoms. The number of ether oxygens (including phenoxy) is 2. The molecule has 71 heavy (non-hydrogen) atoms. The molecule has 394 valence electrons. The van der Waals surface area contributed by atoms with Crippen LogP contribution < -0.4 is 31.9 Å². The van der Waals surface area contributed by atoms with Crippen LogP contribution in [-0.4, -0.2) is 93.6 Å². The van der Waals surface area contributed by atoms with Crippen molar-refractivity contribution in [2.24, 2.45) is 32.5 Å². The first-order chi connectivity index (χ1) is 33.1. The van der Waals surface area contributed by atoms with E-state index in [1.807, 2.05) is 74.5 Å². The number of benzene rings is 2. The van der Waals surface area contributed by atoms with Crippen molar-refractivity contribution < 1.29 is 43.0 Å². The molecule has 0 radical (unpaired) electrons. The fourth-order valence-corrected chi connectivity index (χ4v) is 8.59. The number of carbonyl (C=O) groups is 7. The zero-order chi connectivity index (χ0) is 53.7. The minimum atomic E-state index is -1.18. The number of esters is 1. The highest BCUT2D eigenvalue weighted by atomic mass is 16.6. The summed E-state index contributed by atoms with van der Waals surface area (Å²) >= 11 is 0. The van der Waals surface area contributed by atoms with E-state index in [0.717, 1.165) is 11.1 Å². The summed E-state index contributed by atoms with van der Waals surface area (Å²) in [6, 6.07) is 18.9. The van der Waals surface area contributed by atoms with Gasteiger partial charge < -0.3 is 41.4 Å². The van der Waals surface area contributed by atoms with E-state index in [0.29, 0.717) is 25.7 Å². The van der Waals surface area contributed by atoms with Crippen LogP contribution in [0.5, 0.6) is 0 Å². The molecule has 0 aromatic heterocycles. The van der Waals surface area contributed by atoms with E-state index in [-0.39, 0.29) is 82.7 Å². The lowest BCUT2D eigenvalue weighted by Gasteiger charge is -2.36. The Hall–Kier alpha value is -5.99. The van der Waals surface area contributed by atoms with E-state index >= 15 is 0 Å². The Morgan fingerprint density at radius 2 is 0.775 bits per heavy atom. The average Bonchev–Trinajstić information content (AvgIpc) is 3.32. The summed E-state index contributed by atoms with van der Waals surface area (Å²) in [5.41, 5.74) is -5.65. The standard InChI is InChI=1S/C56H86N6O9/c1-15-29-51(8,44(64)60-40-56(13,34-42-27-23-20-24-28-42)47(67)59-38-54(11,32-18-4)48(68)70-14)35-57-43(63)52(9,30-16-2)36-58-46(66)55(12,33-41-25-21-19-22-26-41)39-61-45(65)53(10,31-17-3)37-62-49(69)71-50(5,6)7/h15,17,19-28H,1,3,16,18,29-40H2,2,4-14H3,(H,57,63)(H,58,66)(H,59,67)(H,60,64)(H,61,65)(H,62,69)/t51-,52-,53-,54-,55-,56-/m1/s1. The minimum absolute atomic E-state index is 0.0390. The van der Waals surface area contributed by atoms with Gasteiger partial charge >= 0.3 is 12.1 Å². The summed E-state index contributed by atoms with van der Waals surface area (Å²) in [5.74, 6) is -2.30.